The average Bonchev–Trinajstić information content (AvgIpc) is 2.36. The van der Waals surface area contributed by atoms with Crippen LogP contribution in [0.3, 0.4) is 0 Å². The Morgan fingerprint density at radius 1 is 1.43 bits per heavy atom. The third-order valence-corrected chi connectivity index (χ3v) is 5.36. The van der Waals surface area contributed by atoms with Crippen LogP contribution in [0.15, 0.2) is 23.1 Å². The standard InChI is InChI=1S/C14H23N3O3S/c1-2-16-21(19,20)12-6-7-13(15)14(10-12)17(8-9-18)11-4-3-5-11/h6-7,10-11,16,18H,2-5,8-9,15H2,1H3. The second-order valence-electron chi connectivity index (χ2n) is 5.22. The molecule has 0 bridgehead atoms. The van der Waals surface area contributed by atoms with Crippen molar-refractivity contribution in [2.45, 2.75) is 37.1 Å². The summed E-state index contributed by atoms with van der Waals surface area (Å²) in [6, 6.07) is 5.05. The van der Waals surface area contributed by atoms with Gasteiger partial charge in [-0.05, 0) is 37.5 Å². The molecule has 1 aliphatic carbocycles. The molecule has 1 aromatic rings. The van der Waals surface area contributed by atoms with Gasteiger partial charge in [-0.15, -0.1) is 0 Å². The van der Waals surface area contributed by atoms with Gasteiger partial charge in [0.1, 0.15) is 0 Å². The predicted octanol–water partition coefficient (Wildman–Crippen LogP) is 0.918. The van der Waals surface area contributed by atoms with Gasteiger partial charge in [0.25, 0.3) is 0 Å². The van der Waals surface area contributed by atoms with Crippen LogP contribution < -0.4 is 15.4 Å². The molecular weight excluding hydrogens is 290 g/mol. The fraction of sp³-hybridized carbons (Fsp3) is 0.571. The molecule has 1 saturated carbocycles. The van der Waals surface area contributed by atoms with E-state index < -0.39 is 10.0 Å². The number of nitrogens with two attached hydrogens (primary N) is 1. The van der Waals surface area contributed by atoms with E-state index in [-0.39, 0.29) is 11.5 Å². The van der Waals surface area contributed by atoms with Gasteiger partial charge in [-0.1, -0.05) is 6.92 Å². The van der Waals surface area contributed by atoms with Crippen molar-refractivity contribution in [3.05, 3.63) is 18.2 Å². The van der Waals surface area contributed by atoms with Crippen LogP contribution in [0.4, 0.5) is 11.4 Å². The van der Waals surface area contributed by atoms with Crippen LogP contribution in [0.1, 0.15) is 26.2 Å². The Bertz CT molecular complexity index is 585. The minimum Gasteiger partial charge on any atom is -0.397 e. The summed E-state index contributed by atoms with van der Waals surface area (Å²) in [5.41, 5.74) is 7.24. The van der Waals surface area contributed by atoms with E-state index in [9.17, 15) is 13.5 Å². The van der Waals surface area contributed by atoms with Gasteiger partial charge in [-0.2, -0.15) is 0 Å². The zero-order valence-electron chi connectivity index (χ0n) is 12.2. The Kier molecular flexibility index (Phi) is 5.08. The van der Waals surface area contributed by atoms with Crippen LogP contribution in [-0.4, -0.2) is 39.3 Å². The van der Waals surface area contributed by atoms with Crippen LogP contribution in [0.25, 0.3) is 0 Å². The van der Waals surface area contributed by atoms with Crippen LogP contribution in [0, 0.1) is 0 Å². The molecule has 1 aromatic carbocycles. The lowest BCUT2D eigenvalue weighted by Crippen LogP contribution is -2.42. The monoisotopic (exact) mass is 313 g/mol. The zero-order chi connectivity index (χ0) is 15.5. The lowest BCUT2D eigenvalue weighted by atomic mass is 9.91. The van der Waals surface area contributed by atoms with E-state index in [1.54, 1.807) is 19.1 Å². The molecule has 0 spiro atoms. The van der Waals surface area contributed by atoms with Gasteiger partial charge in [0.15, 0.2) is 0 Å². The van der Waals surface area contributed by atoms with E-state index in [4.69, 9.17) is 5.73 Å². The van der Waals surface area contributed by atoms with Crippen LogP contribution in [0.2, 0.25) is 0 Å². The van der Waals surface area contributed by atoms with Crippen LogP contribution in [-0.2, 0) is 10.0 Å². The van der Waals surface area contributed by atoms with Gasteiger partial charge in [0.2, 0.25) is 10.0 Å². The van der Waals surface area contributed by atoms with Gasteiger partial charge in [-0.3, -0.25) is 0 Å². The van der Waals surface area contributed by atoms with E-state index in [1.165, 1.54) is 6.07 Å². The predicted molar refractivity (Wildman–Crippen MR) is 83.8 cm³/mol. The number of anilines is 2. The maximum atomic E-state index is 12.1. The summed E-state index contributed by atoms with van der Waals surface area (Å²) in [4.78, 5) is 2.22. The van der Waals surface area contributed by atoms with Crippen molar-refractivity contribution in [3.63, 3.8) is 0 Å². The number of aliphatic hydroxyl groups is 1. The highest BCUT2D eigenvalue weighted by Crippen LogP contribution is 2.34. The Labute approximate surface area is 126 Å². The molecule has 0 aromatic heterocycles. The highest BCUT2D eigenvalue weighted by Gasteiger charge is 2.27. The quantitative estimate of drug-likeness (QED) is 0.651. The first-order chi connectivity index (χ1) is 9.99. The van der Waals surface area contributed by atoms with Crippen molar-refractivity contribution in [3.8, 4) is 0 Å². The first-order valence-electron chi connectivity index (χ1n) is 7.26. The maximum Gasteiger partial charge on any atom is 0.240 e. The van der Waals surface area contributed by atoms with E-state index in [2.05, 4.69) is 4.72 Å². The molecule has 0 amide bonds. The van der Waals surface area contributed by atoms with E-state index in [1.807, 2.05) is 4.90 Å². The molecule has 7 heteroatoms. The summed E-state index contributed by atoms with van der Waals surface area (Å²) in [6.45, 7) is 2.55. The molecule has 0 unspecified atom stereocenters. The molecule has 118 valence electrons. The van der Waals surface area contributed by atoms with Gasteiger partial charge in [-0.25, -0.2) is 13.1 Å². The molecule has 0 atom stereocenters. The molecule has 21 heavy (non-hydrogen) atoms. The Morgan fingerprint density at radius 3 is 2.67 bits per heavy atom. The number of rotatable bonds is 7. The Hall–Kier alpha value is -1.31. The van der Waals surface area contributed by atoms with Crippen molar-refractivity contribution >= 4 is 21.4 Å². The third-order valence-electron chi connectivity index (χ3n) is 3.81. The molecule has 2 rings (SSSR count). The number of hydrogen-bond acceptors (Lipinski definition) is 5. The SMILES string of the molecule is CCNS(=O)(=O)c1ccc(N)c(N(CCO)C2CCC2)c1. The van der Waals surface area contributed by atoms with E-state index >= 15 is 0 Å². The molecule has 4 N–H and O–H groups in total. The molecular formula is C14H23N3O3S. The Balaban J connectivity index is 2.37. The third kappa shape index (κ3) is 3.48. The van der Waals surface area contributed by atoms with Gasteiger partial charge in [0, 0.05) is 19.1 Å². The fourth-order valence-corrected chi connectivity index (χ4v) is 3.58. The number of benzene rings is 1. The summed E-state index contributed by atoms with van der Waals surface area (Å²) < 4.78 is 26.7. The number of nitrogens with zero attached hydrogens (tertiary/aromatic N) is 1. The Morgan fingerprint density at radius 2 is 2.14 bits per heavy atom. The number of aliphatic hydroxyl groups excluding tert-OH is 1. The average molecular weight is 313 g/mol. The summed E-state index contributed by atoms with van der Waals surface area (Å²) in [5, 5.41) is 9.26. The second-order valence-corrected chi connectivity index (χ2v) is 6.99. The van der Waals surface area contributed by atoms with Crippen molar-refractivity contribution in [2.24, 2.45) is 0 Å². The second kappa shape index (κ2) is 6.64. The largest absolute Gasteiger partial charge is 0.397 e. The fourth-order valence-electron chi connectivity index (χ4n) is 2.52. The number of sulfonamides is 1. The van der Waals surface area contributed by atoms with E-state index in [0.29, 0.717) is 30.5 Å². The number of nitrogens with one attached hydrogen (secondary N) is 1. The first kappa shape index (κ1) is 16.1. The van der Waals surface area contributed by atoms with E-state index in [0.717, 1.165) is 19.3 Å². The summed E-state index contributed by atoms with van der Waals surface area (Å²) in [7, 11) is -3.51. The highest BCUT2D eigenvalue weighted by molar-refractivity contribution is 7.89. The minimum atomic E-state index is -3.51. The normalized spacial score (nSPS) is 15.7. The highest BCUT2D eigenvalue weighted by atomic mass is 32.2. The molecule has 1 aliphatic rings. The topological polar surface area (TPSA) is 95.7 Å². The summed E-state index contributed by atoms with van der Waals surface area (Å²) in [6.07, 6.45) is 3.25. The van der Waals surface area contributed by atoms with Gasteiger partial charge >= 0.3 is 0 Å². The molecule has 1 fully saturated rings. The lowest BCUT2D eigenvalue weighted by molar-refractivity contribution is 0.283. The maximum absolute atomic E-state index is 12.1. The van der Waals surface area contributed by atoms with Gasteiger partial charge in [0.05, 0.1) is 22.9 Å². The van der Waals surface area contributed by atoms with Crippen LogP contribution >= 0.6 is 0 Å². The molecule has 6 nitrogen and oxygen atoms in total. The minimum absolute atomic E-state index is 0.0140. The number of hydrogen-bond donors (Lipinski definition) is 3. The van der Waals surface area contributed by atoms with Gasteiger partial charge < -0.3 is 15.7 Å². The van der Waals surface area contributed by atoms with Crippen LogP contribution in [0.5, 0.6) is 0 Å². The smallest absolute Gasteiger partial charge is 0.240 e. The van der Waals surface area contributed by atoms with Crippen molar-refractivity contribution in [1.29, 1.82) is 0 Å². The summed E-state index contributed by atoms with van der Waals surface area (Å²) >= 11 is 0. The number of nitrogen functional groups attached to an aromatic ring is 1. The van der Waals surface area contributed by atoms with Crippen molar-refractivity contribution < 1.29 is 13.5 Å². The first-order valence-corrected chi connectivity index (χ1v) is 8.74. The summed E-state index contributed by atoms with van der Waals surface area (Å²) in [5.74, 6) is 0. The molecule has 0 aliphatic heterocycles. The lowest BCUT2D eigenvalue weighted by Gasteiger charge is -2.39. The zero-order valence-corrected chi connectivity index (χ0v) is 13.1. The molecule has 0 radical (unpaired) electrons. The van der Waals surface area contributed by atoms with Crippen molar-refractivity contribution in [2.75, 3.05) is 30.3 Å². The molecule has 0 saturated heterocycles. The molecule has 0 heterocycles. The van der Waals surface area contributed by atoms with Crippen molar-refractivity contribution in [1.82, 2.24) is 4.72 Å².